The molecule has 0 amide bonds. The number of fused-ring (bicyclic) bond motifs is 1. The molecule has 1 fully saturated rings. The summed E-state index contributed by atoms with van der Waals surface area (Å²) in [6.45, 7) is 3.96. The number of benzene rings is 1. The number of aromatic nitrogens is 2. The van der Waals surface area contributed by atoms with Crippen molar-refractivity contribution < 1.29 is 8.42 Å². The summed E-state index contributed by atoms with van der Waals surface area (Å²) in [4.78, 5) is 4.30. The number of nitrogens with zero attached hydrogens (tertiary/aromatic N) is 3. The zero-order chi connectivity index (χ0) is 14.9. The van der Waals surface area contributed by atoms with Crippen LogP contribution < -0.4 is 0 Å². The second-order valence-electron chi connectivity index (χ2n) is 5.82. The quantitative estimate of drug-likeness (QED) is 0.869. The number of hydrogen-bond acceptors (Lipinski definition) is 3. The minimum atomic E-state index is -3.17. The van der Waals surface area contributed by atoms with Gasteiger partial charge in [-0.25, -0.2) is 17.7 Å². The molecule has 1 saturated heterocycles. The van der Waals surface area contributed by atoms with Gasteiger partial charge in [0.25, 0.3) is 0 Å². The number of para-hydroxylation sites is 2. The highest BCUT2D eigenvalue weighted by molar-refractivity contribution is 7.89. The maximum atomic E-state index is 12.4. The van der Waals surface area contributed by atoms with Crippen LogP contribution in [-0.2, 0) is 16.6 Å². The maximum Gasteiger partial charge on any atom is 0.215 e. The van der Waals surface area contributed by atoms with E-state index in [2.05, 4.69) is 11.9 Å². The van der Waals surface area contributed by atoms with Crippen molar-refractivity contribution in [2.45, 2.75) is 26.3 Å². The predicted molar refractivity (Wildman–Crippen MR) is 83.5 cm³/mol. The summed E-state index contributed by atoms with van der Waals surface area (Å²) >= 11 is 0. The number of imidazole rings is 1. The fourth-order valence-electron chi connectivity index (χ4n) is 2.79. The third-order valence-electron chi connectivity index (χ3n) is 4.25. The van der Waals surface area contributed by atoms with Gasteiger partial charge < -0.3 is 4.57 Å². The molecule has 21 heavy (non-hydrogen) atoms. The summed E-state index contributed by atoms with van der Waals surface area (Å²) in [6, 6.07) is 7.79. The lowest BCUT2D eigenvalue weighted by Gasteiger charge is -2.29. The Morgan fingerprint density at radius 2 is 1.95 bits per heavy atom. The smallest absolute Gasteiger partial charge is 0.215 e. The van der Waals surface area contributed by atoms with Gasteiger partial charge in [0.05, 0.1) is 23.1 Å². The number of sulfonamides is 1. The molecule has 0 bridgehead atoms. The van der Waals surface area contributed by atoms with Crippen LogP contribution in [0.5, 0.6) is 0 Å². The van der Waals surface area contributed by atoms with E-state index >= 15 is 0 Å². The predicted octanol–water partition coefficient (Wildman–Crippen LogP) is 2.10. The normalized spacial score (nSPS) is 18.3. The highest BCUT2D eigenvalue weighted by Gasteiger charge is 2.26. The summed E-state index contributed by atoms with van der Waals surface area (Å²) in [6.07, 6.45) is 3.65. The van der Waals surface area contributed by atoms with E-state index in [0.29, 0.717) is 25.6 Å². The molecular formula is C15H21N3O2S. The molecule has 1 aliphatic rings. The molecule has 1 aromatic heterocycles. The molecule has 0 spiro atoms. The third kappa shape index (κ3) is 3.11. The standard InChI is InChI=1S/C15H21N3O2S/c1-13-6-8-18(9-7-13)21(19,20)11-10-17-12-16-14-4-2-3-5-15(14)17/h2-5,12-13H,6-11H2,1H3. The van der Waals surface area contributed by atoms with Crippen molar-refractivity contribution in [2.24, 2.45) is 5.92 Å². The molecule has 0 saturated carbocycles. The van der Waals surface area contributed by atoms with Crippen molar-refractivity contribution >= 4 is 21.1 Å². The molecule has 1 aliphatic heterocycles. The molecule has 0 radical (unpaired) electrons. The van der Waals surface area contributed by atoms with E-state index in [0.717, 1.165) is 23.9 Å². The highest BCUT2D eigenvalue weighted by atomic mass is 32.2. The monoisotopic (exact) mass is 307 g/mol. The SMILES string of the molecule is CC1CCN(S(=O)(=O)CCn2cnc3ccccc32)CC1. The maximum absolute atomic E-state index is 12.4. The summed E-state index contributed by atoms with van der Waals surface area (Å²) < 4.78 is 28.4. The molecular weight excluding hydrogens is 286 g/mol. The van der Waals surface area contributed by atoms with Crippen LogP contribution in [0.1, 0.15) is 19.8 Å². The van der Waals surface area contributed by atoms with Gasteiger partial charge in [0.15, 0.2) is 0 Å². The first-order valence-electron chi connectivity index (χ1n) is 7.44. The second kappa shape index (κ2) is 5.77. The topological polar surface area (TPSA) is 55.2 Å². The van der Waals surface area contributed by atoms with Crippen molar-refractivity contribution in [3.63, 3.8) is 0 Å². The van der Waals surface area contributed by atoms with Gasteiger partial charge >= 0.3 is 0 Å². The summed E-state index contributed by atoms with van der Waals surface area (Å²) in [5, 5.41) is 0. The molecule has 1 aromatic carbocycles. The Balaban J connectivity index is 1.69. The minimum absolute atomic E-state index is 0.141. The molecule has 6 heteroatoms. The Bertz CT molecular complexity index is 715. The fraction of sp³-hybridized carbons (Fsp3) is 0.533. The van der Waals surface area contributed by atoms with E-state index in [4.69, 9.17) is 0 Å². The van der Waals surface area contributed by atoms with Gasteiger partial charge in [-0.05, 0) is 30.9 Å². The molecule has 0 atom stereocenters. The van der Waals surface area contributed by atoms with E-state index in [-0.39, 0.29) is 5.75 Å². The van der Waals surface area contributed by atoms with E-state index in [1.807, 2.05) is 28.8 Å². The number of hydrogen-bond donors (Lipinski definition) is 0. The van der Waals surface area contributed by atoms with E-state index in [9.17, 15) is 8.42 Å². The molecule has 3 rings (SSSR count). The first kappa shape index (κ1) is 14.5. The molecule has 0 unspecified atom stereocenters. The van der Waals surface area contributed by atoms with Crippen molar-refractivity contribution in [1.82, 2.24) is 13.9 Å². The Hall–Kier alpha value is -1.40. The Kier molecular flexibility index (Phi) is 3.99. The van der Waals surface area contributed by atoms with Gasteiger partial charge in [-0.1, -0.05) is 19.1 Å². The summed E-state index contributed by atoms with van der Waals surface area (Å²) in [5.74, 6) is 0.774. The Morgan fingerprint density at radius 3 is 2.71 bits per heavy atom. The number of aryl methyl sites for hydroxylation is 1. The van der Waals surface area contributed by atoms with Crippen LogP contribution in [-0.4, -0.2) is 41.1 Å². The first-order valence-corrected chi connectivity index (χ1v) is 9.05. The van der Waals surface area contributed by atoms with E-state index in [1.165, 1.54) is 0 Å². The first-order chi connectivity index (χ1) is 10.1. The van der Waals surface area contributed by atoms with Crippen molar-refractivity contribution in [3.05, 3.63) is 30.6 Å². The van der Waals surface area contributed by atoms with Gasteiger partial charge in [0, 0.05) is 19.6 Å². The summed E-state index contributed by atoms with van der Waals surface area (Å²) in [5.41, 5.74) is 1.89. The van der Waals surface area contributed by atoms with Crippen LogP contribution in [0.4, 0.5) is 0 Å². The minimum Gasteiger partial charge on any atom is -0.330 e. The van der Waals surface area contributed by atoms with Crippen LogP contribution in [0.25, 0.3) is 11.0 Å². The summed E-state index contributed by atoms with van der Waals surface area (Å²) in [7, 11) is -3.17. The van der Waals surface area contributed by atoms with Gasteiger partial charge in [0.2, 0.25) is 10.0 Å². The van der Waals surface area contributed by atoms with Crippen molar-refractivity contribution in [1.29, 1.82) is 0 Å². The zero-order valence-corrected chi connectivity index (χ0v) is 13.1. The van der Waals surface area contributed by atoms with Gasteiger partial charge in [-0.3, -0.25) is 0 Å². The van der Waals surface area contributed by atoms with E-state index in [1.54, 1.807) is 10.6 Å². The van der Waals surface area contributed by atoms with Crippen molar-refractivity contribution in [3.8, 4) is 0 Å². The molecule has 0 N–H and O–H groups in total. The van der Waals surface area contributed by atoms with Crippen LogP contribution in [0, 0.1) is 5.92 Å². The molecule has 5 nitrogen and oxygen atoms in total. The Labute approximate surface area is 125 Å². The third-order valence-corrected chi connectivity index (χ3v) is 6.10. The Morgan fingerprint density at radius 1 is 1.24 bits per heavy atom. The van der Waals surface area contributed by atoms with Crippen LogP contribution in [0.3, 0.4) is 0 Å². The molecule has 2 aromatic rings. The molecule has 2 heterocycles. The van der Waals surface area contributed by atoms with Crippen molar-refractivity contribution in [2.75, 3.05) is 18.8 Å². The lowest BCUT2D eigenvalue weighted by molar-refractivity contribution is 0.287. The average molecular weight is 307 g/mol. The number of piperidine rings is 1. The highest BCUT2D eigenvalue weighted by Crippen LogP contribution is 2.19. The fourth-order valence-corrected chi connectivity index (χ4v) is 4.25. The average Bonchev–Trinajstić information content (AvgIpc) is 2.89. The van der Waals surface area contributed by atoms with Gasteiger partial charge in [0.1, 0.15) is 0 Å². The lowest BCUT2D eigenvalue weighted by atomic mass is 10.0. The van der Waals surface area contributed by atoms with Crippen LogP contribution >= 0.6 is 0 Å². The molecule has 0 aliphatic carbocycles. The van der Waals surface area contributed by atoms with Crippen LogP contribution in [0.15, 0.2) is 30.6 Å². The van der Waals surface area contributed by atoms with Gasteiger partial charge in [-0.2, -0.15) is 0 Å². The number of rotatable bonds is 4. The largest absolute Gasteiger partial charge is 0.330 e. The van der Waals surface area contributed by atoms with Gasteiger partial charge in [-0.15, -0.1) is 0 Å². The van der Waals surface area contributed by atoms with E-state index < -0.39 is 10.0 Å². The zero-order valence-electron chi connectivity index (χ0n) is 12.3. The molecule has 114 valence electrons. The second-order valence-corrected chi connectivity index (χ2v) is 7.91. The van der Waals surface area contributed by atoms with Crippen LogP contribution in [0.2, 0.25) is 0 Å². The lowest BCUT2D eigenvalue weighted by Crippen LogP contribution is -2.39.